The van der Waals surface area contributed by atoms with Crippen LogP contribution >= 0.6 is 15.9 Å². The third kappa shape index (κ3) is 7.43. The fourth-order valence-electron chi connectivity index (χ4n) is 2.53. The highest BCUT2D eigenvalue weighted by Gasteiger charge is 2.37. The minimum atomic E-state index is -6.30. The van der Waals surface area contributed by atoms with Crippen molar-refractivity contribution in [2.45, 2.75) is 5.75 Å². The van der Waals surface area contributed by atoms with E-state index in [9.17, 15) is 39.1 Å². The molecule has 180 valence electrons. The molecular weight excluding hydrogens is 555 g/mol. The standard InChI is InChI=1S/C16H14BrOS.C6BF8/c1-19(18,12-11-14-5-3-2-4-6-14)13-15-7-9-16(17)10-8-15;8-2-1(7(13,14)15)3(9)5(11)6(12)4(2)10/h2-10H,13H2,1H3;/q+1;-1. The lowest BCUT2D eigenvalue weighted by atomic mass is 9.79. The van der Waals surface area contributed by atoms with Crippen LogP contribution in [0.25, 0.3) is 0 Å². The maximum Gasteiger partial charge on any atom is 0.515 e. The molecule has 34 heavy (non-hydrogen) atoms. The zero-order chi connectivity index (χ0) is 25.7. The molecule has 0 aromatic heterocycles. The van der Waals surface area contributed by atoms with Gasteiger partial charge in [0.15, 0.2) is 32.6 Å². The summed E-state index contributed by atoms with van der Waals surface area (Å²) in [4.78, 5) is 0. The van der Waals surface area contributed by atoms with Crippen LogP contribution in [0.2, 0.25) is 0 Å². The quantitative estimate of drug-likeness (QED) is 0.0877. The van der Waals surface area contributed by atoms with Crippen molar-refractivity contribution in [3.63, 3.8) is 0 Å². The van der Waals surface area contributed by atoms with Gasteiger partial charge in [0.2, 0.25) is 0 Å². The number of benzene rings is 3. The molecule has 0 spiro atoms. The van der Waals surface area contributed by atoms with E-state index in [1.807, 2.05) is 54.6 Å². The molecule has 0 aliphatic carbocycles. The average Bonchev–Trinajstić information content (AvgIpc) is 2.77. The molecule has 0 radical (unpaired) electrons. The third-order valence-electron chi connectivity index (χ3n) is 4.11. The van der Waals surface area contributed by atoms with Crippen molar-refractivity contribution in [2.24, 2.45) is 0 Å². The van der Waals surface area contributed by atoms with Gasteiger partial charge in [-0.1, -0.05) is 50.5 Å². The molecule has 0 aliphatic rings. The predicted molar refractivity (Wildman–Crippen MR) is 120 cm³/mol. The first kappa shape index (κ1) is 27.6. The zero-order valence-corrected chi connectivity index (χ0v) is 19.6. The first-order valence-electron chi connectivity index (χ1n) is 9.23. The summed E-state index contributed by atoms with van der Waals surface area (Å²) in [6, 6.07) is 17.5. The largest absolute Gasteiger partial charge is 0.515 e. The lowest BCUT2D eigenvalue weighted by Crippen LogP contribution is -2.41. The normalized spacial score (nSPS) is 12.6. The Bertz CT molecular complexity index is 1240. The van der Waals surface area contributed by atoms with Crippen LogP contribution in [0.4, 0.5) is 34.9 Å². The Morgan fingerprint density at radius 1 is 0.794 bits per heavy atom. The molecule has 0 amide bonds. The maximum absolute atomic E-state index is 12.5. The summed E-state index contributed by atoms with van der Waals surface area (Å²) in [6.45, 7) is -6.30. The molecule has 0 aliphatic heterocycles. The van der Waals surface area contributed by atoms with Crippen LogP contribution in [-0.2, 0) is 19.9 Å². The Morgan fingerprint density at radius 2 is 1.26 bits per heavy atom. The van der Waals surface area contributed by atoms with Crippen LogP contribution < -0.4 is 5.46 Å². The predicted octanol–water partition coefficient (Wildman–Crippen LogP) is 6.52. The van der Waals surface area contributed by atoms with Crippen molar-refractivity contribution in [2.75, 3.05) is 6.26 Å². The number of halogens is 9. The van der Waals surface area contributed by atoms with E-state index in [-0.39, 0.29) is 0 Å². The summed E-state index contributed by atoms with van der Waals surface area (Å²) in [5.74, 6) is -10.1. The highest BCUT2D eigenvalue weighted by Crippen LogP contribution is 2.21. The van der Waals surface area contributed by atoms with Gasteiger partial charge in [-0.25, -0.2) is 22.0 Å². The van der Waals surface area contributed by atoms with Crippen LogP contribution in [0.5, 0.6) is 0 Å². The number of rotatable bonds is 3. The minimum Gasteiger partial charge on any atom is -0.445 e. The van der Waals surface area contributed by atoms with Crippen molar-refractivity contribution in [1.29, 1.82) is 0 Å². The zero-order valence-electron chi connectivity index (χ0n) is 17.2. The molecule has 12 heteroatoms. The van der Waals surface area contributed by atoms with E-state index < -0.39 is 51.5 Å². The van der Waals surface area contributed by atoms with Crippen molar-refractivity contribution in [1.82, 2.24) is 0 Å². The van der Waals surface area contributed by atoms with Crippen LogP contribution in [0.1, 0.15) is 11.1 Å². The van der Waals surface area contributed by atoms with Crippen molar-refractivity contribution < 1.29 is 39.1 Å². The Balaban J connectivity index is 0.000000248. The van der Waals surface area contributed by atoms with Crippen LogP contribution in [0.3, 0.4) is 0 Å². The van der Waals surface area contributed by atoms with E-state index >= 15 is 0 Å². The van der Waals surface area contributed by atoms with Gasteiger partial charge in [0, 0.05) is 15.6 Å². The lowest BCUT2D eigenvalue weighted by molar-refractivity contribution is 0.377. The van der Waals surface area contributed by atoms with Crippen LogP contribution in [0.15, 0.2) is 59.1 Å². The van der Waals surface area contributed by atoms with E-state index in [1.54, 1.807) is 6.26 Å². The summed E-state index contributed by atoms with van der Waals surface area (Å²) in [5, 5.41) is 2.90. The van der Waals surface area contributed by atoms with Crippen LogP contribution in [-0.4, -0.2) is 13.2 Å². The van der Waals surface area contributed by atoms with Gasteiger partial charge in [-0.3, -0.25) is 0 Å². The molecule has 1 unspecified atom stereocenters. The van der Waals surface area contributed by atoms with Gasteiger partial charge >= 0.3 is 6.98 Å². The Morgan fingerprint density at radius 3 is 1.74 bits per heavy atom. The van der Waals surface area contributed by atoms with Gasteiger partial charge in [-0.2, -0.15) is 0 Å². The molecule has 0 bridgehead atoms. The molecule has 0 heterocycles. The lowest BCUT2D eigenvalue weighted by Gasteiger charge is -2.17. The van der Waals surface area contributed by atoms with Crippen molar-refractivity contribution in [3.8, 4) is 11.2 Å². The summed E-state index contributed by atoms with van der Waals surface area (Å²) in [7, 11) is -2.17. The molecule has 0 fully saturated rings. The SMILES string of the molecule is C[S+](=O)(C#Cc1ccccc1)Cc1ccc(Br)cc1.Fc1c(F)c(F)c([B-](F)(F)F)c(F)c1F. The molecule has 1 nitrogen and oxygen atoms in total. The molecule has 1 atom stereocenters. The molecule has 0 saturated carbocycles. The smallest absolute Gasteiger partial charge is 0.445 e. The molecule has 3 rings (SSSR count). The molecular formula is C22H14BBrF8OS. The average molecular weight is 569 g/mol. The van der Waals surface area contributed by atoms with Crippen molar-refractivity contribution >= 4 is 38.3 Å². The first-order valence-corrected chi connectivity index (χ1v) is 12.2. The van der Waals surface area contributed by atoms with Gasteiger partial charge in [-0.15, -0.1) is 0 Å². The van der Waals surface area contributed by atoms with E-state index in [1.165, 1.54) is 0 Å². The Labute approximate surface area is 199 Å². The van der Waals surface area contributed by atoms with Crippen LogP contribution in [0, 0.1) is 40.3 Å². The molecule has 0 N–H and O–H groups in total. The Kier molecular flexibility index (Phi) is 9.08. The topological polar surface area (TPSA) is 17.1 Å². The fourth-order valence-corrected chi connectivity index (χ4v) is 4.03. The van der Waals surface area contributed by atoms with E-state index in [2.05, 4.69) is 27.1 Å². The molecule has 3 aromatic rings. The summed E-state index contributed by atoms with van der Waals surface area (Å²) >= 11 is 3.39. The van der Waals surface area contributed by atoms with Crippen molar-refractivity contribution in [3.05, 3.63) is 99.3 Å². The van der Waals surface area contributed by atoms with E-state index in [0.29, 0.717) is 5.75 Å². The number of hydrogen-bond acceptors (Lipinski definition) is 1. The van der Waals surface area contributed by atoms with E-state index in [0.717, 1.165) is 15.6 Å². The van der Waals surface area contributed by atoms with Gasteiger partial charge in [0.1, 0.15) is 23.6 Å². The van der Waals surface area contributed by atoms with E-state index in [4.69, 9.17) is 0 Å². The maximum atomic E-state index is 12.5. The summed E-state index contributed by atoms with van der Waals surface area (Å²) in [5.41, 5.74) is -0.794. The van der Waals surface area contributed by atoms with Gasteiger partial charge in [0.05, 0.1) is 0 Å². The summed E-state index contributed by atoms with van der Waals surface area (Å²) in [6.07, 6.45) is 1.71. The number of hydrogen-bond donors (Lipinski definition) is 0. The second kappa shape index (κ2) is 11.2. The second-order valence-corrected chi connectivity index (χ2v) is 10.3. The van der Waals surface area contributed by atoms with Gasteiger partial charge in [-0.05, 0) is 35.6 Å². The minimum absolute atomic E-state index is 0.486. The highest BCUT2D eigenvalue weighted by atomic mass is 79.9. The monoisotopic (exact) mass is 568 g/mol. The van der Waals surface area contributed by atoms with Gasteiger partial charge < -0.3 is 12.9 Å². The molecule has 0 saturated heterocycles. The Hall–Kier alpha value is -2.65. The van der Waals surface area contributed by atoms with Gasteiger partial charge in [0.25, 0.3) is 0 Å². The highest BCUT2D eigenvalue weighted by molar-refractivity contribution is 9.10. The summed E-state index contributed by atoms with van der Waals surface area (Å²) < 4.78 is 111. The first-order chi connectivity index (χ1) is 15.7. The third-order valence-corrected chi connectivity index (χ3v) is 6.06. The molecule has 3 aromatic carbocycles. The second-order valence-electron chi connectivity index (χ2n) is 6.93. The fraction of sp³-hybridized carbons (Fsp3) is 0.0909.